The van der Waals surface area contributed by atoms with Gasteiger partial charge in [0.15, 0.2) is 0 Å². The number of hydrogen-bond acceptors (Lipinski definition) is 4. The van der Waals surface area contributed by atoms with Crippen LogP contribution in [-0.2, 0) is 4.74 Å². The lowest BCUT2D eigenvalue weighted by Crippen LogP contribution is -2.44. The zero-order chi connectivity index (χ0) is 12.7. The third-order valence-electron chi connectivity index (χ3n) is 3.64. The molecule has 1 unspecified atom stereocenters. The van der Waals surface area contributed by atoms with E-state index in [-0.39, 0.29) is 18.2 Å². The highest BCUT2D eigenvalue weighted by molar-refractivity contribution is 6.00. The Balaban J connectivity index is 2.04. The molecule has 0 spiro atoms. The number of anilines is 1. The second kappa shape index (κ2) is 4.26. The summed E-state index contributed by atoms with van der Waals surface area (Å²) in [5, 5.41) is 13.0. The van der Waals surface area contributed by atoms with Gasteiger partial charge < -0.3 is 20.1 Å². The van der Waals surface area contributed by atoms with Gasteiger partial charge in [0.1, 0.15) is 6.23 Å². The summed E-state index contributed by atoms with van der Waals surface area (Å²) in [6.45, 7) is 0.374. The Morgan fingerprint density at radius 2 is 2.22 bits per heavy atom. The summed E-state index contributed by atoms with van der Waals surface area (Å²) in [4.78, 5) is 14.2. The SMILES string of the molecule is CO[C@@H]1Nc2ccccc2C(=O)N2C[C@@H](O)CC12. The van der Waals surface area contributed by atoms with Crippen molar-refractivity contribution >= 4 is 11.6 Å². The number of amides is 1. The number of ether oxygens (including phenoxy) is 1. The molecule has 3 rings (SSSR count). The molecule has 2 N–H and O–H groups in total. The van der Waals surface area contributed by atoms with Gasteiger partial charge in [0.2, 0.25) is 0 Å². The van der Waals surface area contributed by atoms with Crippen molar-refractivity contribution in [1.29, 1.82) is 0 Å². The van der Waals surface area contributed by atoms with Crippen molar-refractivity contribution in [3.63, 3.8) is 0 Å². The Hall–Kier alpha value is -1.59. The minimum Gasteiger partial charge on any atom is -0.391 e. The Bertz CT molecular complexity index is 477. The van der Waals surface area contributed by atoms with Crippen LogP contribution in [0.25, 0.3) is 0 Å². The summed E-state index contributed by atoms with van der Waals surface area (Å²) in [6.07, 6.45) is -0.205. The molecule has 96 valence electrons. The quantitative estimate of drug-likeness (QED) is 0.766. The monoisotopic (exact) mass is 248 g/mol. The number of carbonyl (C=O) groups excluding carboxylic acids is 1. The molecule has 5 heteroatoms. The third kappa shape index (κ3) is 1.67. The molecule has 2 aliphatic rings. The number of nitrogens with zero attached hydrogens (tertiary/aromatic N) is 1. The molecule has 0 aromatic heterocycles. The smallest absolute Gasteiger partial charge is 0.256 e. The molecule has 3 atom stereocenters. The van der Waals surface area contributed by atoms with Crippen molar-refractivity contribution in [2.24, 2.45) is 0 Å². The van der Waals surface area contributed by atoms with Crippen LogP contribution >= 0.6 is 0 Å². The van der Waals surface area contributed by atoms with Gasteiger partial charge in [-0.3, -0.25) is 4.79 Å². The minimum absolute atomic E-state index is 0.0424. The van der Waals surface area contributed by atoms with Crippen LogP contribution in [0.4, 0.5) is 5.69 Å². The van der Waals surface area contributed by atoms with Crippen LogP contribution in [0.15, 0.2) is 24.3 Å². The predicted molar refractivity (Wildman–Crippen MR) is 66.3 cm³/mol. The minimum atomic E-state index is -0.469. The first-order chi connectivity index (χ1) is 8.70. The topological polar surface area (TPSA) is 61.8 Å². The number of methoxy groups -OCH3 is 1. The Morgan fingerprint density at radius 1 is 1.44 bits per heavy atom. The van der Waals surface area contributed by atoms with Gasteiger partial charge in [-0.2, -0.15) is 0 Å². The van der Waals surface area contributed by atoms with Crippen molar-refractivity contribution in [1.82, 2.24) is 4.90 Å². The van der Waals surface area contributed by atoms with Crippen molar-refractivity contribution in [3.05, 3.63) is 29.8 Å². The standard InChI is InChI=1S/C13H16N2O3/c1-18-12-11-6-8(16)7-15(11)13(17)9-4-2-3-5-10(9)14-12/h2-5,8,11-12,14,16H,6-7H2,1H3/t8-,11?,12-/m0/s1. The largest absolute Gasteiger partial charge is 0.391 e. The number of nitrogens with one attached hydrogen (secondary N) is 1. The molecule has 0 radical (unpaired) electrons. The Kier molecular flexibility index (Phi) is 2.72. The number of hydrogen-bond donors (Lipinski definition) is 2. The fourth-order valence-electron chi connectivity index (χ4n) is 2.78. The average molecular weight is 248 g/mol. The number of aliphatic hydroxyl groups excluding tert-OH is 1. The van der Waals surface area contributed by atoms with Gasteiger partial charge in [-0.05, 0) is 18.6 Å². The molecule has 2 aliphatic heterocycles. The van der Waals surface area contributed by atoms with Gasteiger partial charge in [-0.15, -0.1) is 0 Å². The van der Waals surface area contributed by atoms with Crippen LogP contribution in [0.1, 0.15) is 16.8 Å². The van der Waals surface area contributed by atoms with Gasteiger partial charge in [0.05, 0.1) is 17.7 Å². The second-order valence-electron chi connectivity index (χ2n) is 4.76. The summed E-state index contributed by atoms with van der Waals surface area (Å²) in [5.74, 6) is -0.0424. The number of carbonyl (C=O) groups is 1. The first-order valence-electron chi connectivity index (χ1n) is 6.08. The van der Waals surface area contributed by atoms with Crippen molar-refractivity contribution in [2.75, 3.05) is 19.0 Å². The Labute approximate surface area is 105 Å². The molecule has 1 aromatic carbocycles. The van der Waals surface area contributed by atoms with Crippen LogP contribution in [0, 0.1) is 0 Å². The molecular weight excluding hydrogens is 232 g/mol. The normalized spacial score (nSPS) is 30.4. The van der Waals surface area contributed by atoms with Gasteiger partial charge in [0, 0.05) is 19.3 Å². The van der Waals surface area contributed by atoms with Crippen molar-refractivity contribution in [2.45, 2.75) is 24.8 Å². The molecule has 1 aromatic rings. The fraction of sp³-hybridized carbons (Fsp3) is 0.462. The molecule has 1 saturated heterocycles. The van der Waals surface area contributed by atoms with Crippen LogP contribution in [-0.4, -0.2) is 47.9 Å². The lowest BCUT2D eigenvalue weighted by atomic mass is 10.1. The molecule has 5 nitrogen and oxygen atoms in total. The maximum absolute atomic E-state index is 12.4. The van der Waals surface area contributed by atoms with E-state index >= 15 is 0 Å². The first kappa shape index (κ1) is 11.5. The zero-order valence-electron chi connectivity index (χ0n) is 10.2. The summed E-state index contributed by atoms with van der Waals surface area (Å²) in [6, 6.07) is 7.27. The Morgan fingerprint density at radius 3 is 3.00 bits per heavy atom. The molecule has 18 heavy (non-hydrogen) atoms. The van der Waals surface area contributed by atoms with E-state index in [1.807, 2.05) is 18.2 Å². The summed E-state index contributed by atoms with van der Waals surface area (Å²) >= 11 is 0. The van der Waals surface area contributed by atoms with E-state index in [9.17, 15) is 9.90 Å². The fourth-order valence-corrected chi connectivity index (χ4v) is 2.78. The van der Waals surface area contributed by atoms with E-state index in [0.717, 1.165) is 5.69 Å². The van der Waals surface area contributed by atoms with E-state index in [1.54, 1.807) is 18.1 Å². The highest BCUT2D eigenvalue weighted by atomic mass is 16.5. The highest BCUT2D eigenvalue weighted by Gasteiger charge is 2.42. The van der Waals surface area contributed by atoms with Crippen molar-refractivity contribution < 1.29 is 14.6 Å². The molecule has 2 heterocycles. The van der Waals surface area contributed by atoms with Crippen LogP contribution in [0.5, 0.6) is 0 Å². The molecule has 0 aliphatic carbocycles. The maximum atomic E-state index is 12.4. The molecule has 0 saturated carbocycles. The van der Waals surface area contributed by atoms with Crippen LogP contribution < -0.4 is 5.32 Å². The average Bonchev–Trinajstić information content (AvgIpc) is 2.73. The van der Waals surface area contributed by atoms with Gasteiger partial charge >= 0.3 is 0 Å². The number of para-hydroxylation sites is 1. The van der Waals surface area contributed by atoms with Gasteiger partial charge in [0.25, 0.3) is 5.91 Å². The predicted octanol–water partition coefficient (Wildman–Crippen LogP) is 0.660. The summed E-state index contributed by atoms with van der Waals surface area (Å²) in [5.41, 5.74) is 1.43. The number of aliphatic hydroxyl groups is 1. The number of rotatable bonds is 1. The number of fused-ring (bicyclic) bond motifs is 2. The zero-order valence-corrected chi connectivity index (χ0v) is 10.2. The van der Waals surface area contributed by atoms with E-state index in [0.29, 0.717) is 18.5 Å². The van der Waals surface area contributed by atoms with E-state index < -0.39 is 6.10 Å². The number of benzene rings is 1. The van der Waals surface area contributed by atoms with Gasteiger partial charge in [-0.25, -0.2) is 0 Å². The molecular formula is C13H16N2O3. The van der Waals surface area contributed by atoms with E-state index in [2.05, 4.69) is 5.32 Å². The van der Waals surface area contributed by atoms with E-state index in [4.69, 9.17) is 4.74 Å². The van der Waals surface area contributed by atoms with Gasteiger partial charge in [-0.1, -0.05) is 12.1 Å². The van der Waals surface area contributed by atoms with Crippen LogP contribution in [0.2, 0.25) is 0 Å². The van der Waals surface area contributed by atoms with Crippen molar-refractivity contribution in [3.8, 4) is 0 Å². The lowest BCUT2D eigenvalue weighted by molar-refractivity contribution is 0.0420. The highest BCUT2D eigenvalue weighted by Crippen LogP contribution is 2.31. The molecule has 1 fully saturated rings. The maximum Gasteiger partial charge on any atom is 0.256 e. The third-order valence-corrected chi connectivity index (χ3v) is 3.64. The molecule has 0 bridgehead atoms. The molecule has 1 amide bonds. The lowest BCUT2D eigenvalue weighted by Gasteiger charge is -2.27. The first-order valence-corrected chi connectivity index (χ1v) is 6.08. The van der Waals surface area contributed by atoms with Crippen LogP contribution in [0.3, 0.4) is 0 Å². The second-order valence-corrected chi connectivity index (χ2v) is 4.76. The summed E-state index contributed by atoms with van der Waals surface area (Å²) < 4.78 is 5.42. The van der Waals surface area contributed by atoms with E-state index in [1.165, 1.54) is 0 Å². The summed E-state index contributed by atoms with van der Waals surface area (Å²) in [7, 11) is 1.61.